The maximum atomic E-state index is 3.03. The second-order valence-electron chi connectivity index (χ2n) is 3.73. The molecule has 0 heterocycles. The van der Waals surface area contributed by atoms with E-state index in [1.54, 1.807) is 0 Å². The average Bonchev–Trinajstić information content (AvgIpc) is 2.08. The van der Waals surface area contributed by atoms with Crippen molar-refractivity contribution in [3.05, 3.63) is 0 Å². The predicted octanol–water partition coefficient (Wildman–Crippen LogP) is 4.06. The third kappa shape index (κ3) is 2.21. The third-order valence-electron chi connectivity index (χ3n) is 3.60. The molecular formula is C10H24P2. The van der Waals surface area contributed by atoms with Crippen molar-refractivity contribution in [2.24, 2.45) is 5.41 Å². The molecule has 0 amide bonds. The molecule has 0 bridgehead atoms. The molecular weight excluding hydrogens is 182 g/mol. The van der Waals surface area contributed by atoms with E-state index >= 15 is 0 Å². The molecule has 0 aromatic heterocycles. The highest BCUT2D eigenvalue weighted by Gasteiger charge is 2.39. The van der Waals surface area contributed by atoms with Crippen molar-refractivity contribution in [1.29, 1.82) is 0 Å². The van der Waals surface area contributed by atoms with Crippen LogP contribution in [0.1, 0.15) is 53.4 Å². The fourth-order valence-corrected chi connectivity index (χ4v) is 3.34. The van der Waals surface area contributed by atoms with Gasteiger partial charge in [0.1, 0.15) is 0 Å². The topological polar surface area (TPSA) is 0 Å². The van der Waals surface area contributed by atoms with Crippen LogP contribution in [0, 0.1) is 5.41 Å². The summed E-state index contributed by atoms with van der Waals surface area (Å²) >= 11 is 0. The fourth-order valence-electron chi connectivity index (χ4n) is 2.11. The molecule has 0 saturated carbocycles. The van der Waals surface area contributed by atoms with Crippen molar-refractivity contribution in [3.63, 3.8) is 0 Å². The molecule has 0 aromatic rings. The summed E-state index contributed by atoms with van der Waals surface area (Å²) in [5.41, 5.74) is 0.497. The van der Waals surface area contributed by atoms with E-state index in [9.17, 15) is 0 Å². The first-order valence-electron chi connectivity index (χ1n) is 5.07. The largest absolute Gasteiger partial charge is 0.126 e. The van der Waals surface area contributed by atoms with Gasteiger partial charge in [-0.1, -0.05) is 27.7 Å². The summed E-state index contributed by atoms with van der Waals surface area (Å²) < 4.78 is 0. The van der Waals surface area contributed by atoms with Gasteiger partial charge in [0.25, 0.3) is 0 Å². The van der Waals surface area contributed by atoms with Gasteiger partial charge in [0.2, 0.25) is 0 Å². The highest BCUT2D eigenvalue weighted by molar-refractivity contribution is 7.40. The Labute approximate surface area is 82.7 Å². The first-order chi connectivity index (χ1) is 5.49. The van der Waals surface area contributed by atoms with Gasteiger partial charge in [0, 0.05) is 4.90 Å². The summed E-state index contributed by atoms with van der Waals surface area (Å²) in [6, 6.07) is 0. The Morgan fingerprint density at radius 1 is 0.750 bits per heavy atom. The SMILES string of the molecule is CCC(P)(P)C(CC)(CC)CC. The summed E-state index contributed by atoms with van der Waals surface area (Å²) in [7, 11) is 6.07. The lowest BCUT2D eigenvalue weighted by molar-refractivity contribution is 0.217. The van der Waals surface area contributed by atoms with Crippen molar-refractivity contribution < 1.29 is 0 Å². The second kappa shape index (κ2) is 4.92. The molecule has 2 heteroatoms. The Bertz CT molecular complexity index is 118. The number of hydrogen-bond acceptors (Lipinski definition) is 0. The summed E-state index contributed by atoms with van der Waals surface area (Å²) in [5.74, 6) is 0. The highest BCUT2D eigenvalue weighted by atomic mass is 31.1. The molecule has 0 aliphatic heterocycles. The fraction of sp³-hybridized carbons (Fsp3) is 1.00. The Balaban J connectivity index is 4.69. The Morgan fingerprint density at radius 3 is 1.17 bits per heavy atom. The molecule has 0 saturated heterocycles. The van der Waals surface area contributed by atoms with E-state index in [1.807, 2.05) is 0 Å². The summed E-state index contributed by atoms with van der Waals surface area (Å²) in [4.78, 5) is 0.339. The first kappa shape index (κ1) is 12.9. The molecule has 0 fully saturated rings. The summed E-state index contributed by atoms with van der Waals surface area (Å²) in [5, 5.41) is 0. The molecule has 2 atom stereocenters. The summed E-state index contributed by atoms with van der Waals surface area (Å²) in [6.07, 6.45) is 5.06. The van der Waals surface area contributed by atoms with E-state index in [1.165, 1.54) is 25.7 Å². The van der Waals surface area contributed by atoms with Gasteiger partial charge in [-0.05, 0) is 31.1 Å². The zero-order valence-electron chi connectivity index (χ0n) is 8.98. The molecule has 0 rings (SSSR count). The van der Waals surface area contributed by atoms with Gasteiger partial charge in [0.05, 0.1) is 0 Å². The van der Waals surface area contributed by atoms with E-state index < -0.39 is 0 Å². The zero-order chi connectivity index (χ0) is 9.83. The zero-order valence-corrected chi connectivity index (χ0v) is 11.3. The minimum Gasteiger partial charge on any atom is -0.126 e. The lowest BCUT2D eigenvalue weighted by Crippen LogP contribution is -2.36. The van der Waals surface area contributed by atoms with Crippen LogP contribution in [0.4, 0.5) is 0 Å². The second-order valence-corrected chi connectivity index (χ2v) is 6.46. The van der Waals surface area contributed by atoms with Gasteiger partial charge >= 0.3 is 0 Å². The van der Waals surface area contributed by atoms with Crippen molar-refractivity contribution in [3.8, 4) is 0 Å². The van der Waals surface area contributed by atoms with Gasteiger partial charge in [-0.2, -0.15) is 0 Å². The molecule has 0 nitrogen and oxygen atoms in total. The van der Waals surface area contributed by atoms with Crippen LogP contribution in [-0.4, -0.2) is 4.90 Å². The maximum absolute atomic E-state index is 3.03. The molecule has 0 aliphatic carbocycles. The van der Waals surface area contributed by atoms with Crippen LogP contribution >= 0.6 is 18.5 Å². The van der Waals surface area contributed by atoms with Gasteiger partial charge in [-0.15, -0.1) is 18.5 Å². The molecule has 0 aliphatic rings. The van der Waals surface area contributed by atoms with Crippen molar-refractivity contribution >= 4 is 18.5 Å². The van der Waals surface area contributed by atoms with Crippen LogP contribution in [0.15, 0.2) is 0 Å². The van der Waals surface area contributed by atoms with E-state index in [0.29, 0.717) is 10.3 Å². The number of rotatable bonds is 5. The minimum atomic E-state index is 0.339. The smallest absolute Gasteiger partial charge is 0.00458 e. The lowest BCUT2D eigenvalue weighted by Gasteiger charge is -2.45. The molecule has 12 heavy (non-hydrogen) atoms. The normalized spacial score (nSPS) is 13.5. The van der Waals surface area contributed by atoms with Crippen molar-refractivity contribution in [1.82, 2.24) is 0 Å². The molecule has 0 N–H and O–H groups in total. The van der Waals surface area contributed by atoms with Gasteiger partial charge in [-0.3, -0.25) is 0 Å². The van der Waals surface area contributed by atoms with Gasteiger partial charge in [0.15, 0.2) is 0 Å². The van der Waals surface area contributed by atoms with Crippen LogP contribution in [0.25, 0.3) is 0 Å². The Morgan fingerprint density at radius 2 is 1.08 bits per heavy atom. The lowest BCUT2D eigenvalue weighted by atomic mass is 9.75. The van der Waals surface area contributed by atoms with E-state index in [4.69, 9.17) is 0 Å². The van der Waals surface area contributed by atoms with E-state index in [-0.39, 0.29) is 0 Å². The maximum Gasteiger partial charge on any atom is 0.00458 e. The molecule has 74 valence electrons. The molecule has 0 radical (unpaired) electrons. The van der Waals surface area contributed by atoms with Crippen LogP contribution in [0.3, 0.4) is 0 Å². The van der Waals surface area contributed by atoms with E-state index in [0.717, 1.165) is 0 Å². The quantitative estimate of drug-likeness (QED) is 0.595. The summed E-state index contributed by atoms with van der Waals surface area (Å²) in [6.45, 7) is 9.21. The Kier molecular flexibility index (Phi) is 5.27. The third-order valence-corrected chi connectivity index (χ3v) is 5.64. The van der Waals surface area contributed by atoms with Gasteiger partial charge in [-0.25, -0.2) is 0 Å². The van der Waals surface area contributed by atoms with Crippen LogP contribution < -0.4 is 0 Å². The monoisotopic (exact) mass is 206 g/mol. The van der Waals surface area contributed by atoms with E-state index in [2.05, 4.69) is 46.2 Å². The average molecular weight is 206 g/mol. The van der Waals surface area contributed by atoms with Crippen molar-refractivity contribution in [2.75, 3.05) is 0 Å². The molecule has 2 unspecified atom stereocenters. The Hall–Kier alpha value is 0.860. The van der Waals surface area contributed by atoms with Crippen LogP contribution in [0.5, 0.6) is 0 Å². The van der Waals surface area contributed by atoms with Crippen LogP contribution in [-0.2, 0) is 0 Å². The van der Waals surface area contributed by atoms with Crippen LogP contribution in [0.2, 0.25) is 0 Å². The highest BCUT2D eigenvalue weighted by Crippen LogP contribution is 2.53. The molecule has 0 aromatic carbocycles. The first-order valence-corrected chi connectivity index (χ1v) is 6.22. The predicted molar refractivity (Wildman–Crippen MR) is 65.7 cm³/mol. The molecule has 0 spiro atoms. The van der Waals surface area contributed by atoms with Gasteiger partial charge < -0.3 is 0 Å². The number of hydrogen-bond donors (Lipinski definition) is 0. The van der Waals surface area contributed by atoms with Crippen molar-refractivity contribution in [2.45, 2.75) is 58.3 Å². The minimum absolute atomic E-state index is 0.339. The standard InChI is InChI=1S/C10H24P2/c1-5-9(6-2,7-3)10(11,12)8-4/h5-8,11-12H2,1-4H3.